The van der Waals surface area contributed by atoms with Crippen molar-refractivity contribution < 1.29 is 0 Å². The molecule has 1 aliphatic heterocycles. The van der Waals surface area contributed by atoms with Gasteiger partial charge in [-0.3, -0.25) is 0 Å². The van der Waals surface area contributed by atoms with Crippen LogP contribution in [0.3, 0.4) is 0 Å². The van der Waals surface area contributed by atoms with Crippen LogP contribution < -0.4 is 15.5 Å². The molecule has 1 aliphatic carbocycles. The zero-order chi connectivity index (χ0) is 19.0. The number of aromatic nitrogens is 2. The minimum atomic E-state index is 0.0802. The number of nitrogens with zero attached hydrogens (tertiary/aromatic N) is 3. The SMILES string of the molecule is CN(C)c1ncnc2c1NC1=CC(C)(C)CC(NCc3ccccc3)=C1S2. The molecule has 140 valence electrons. The van der Waals surface area contributed by atoms with Gasteiger partial charge in [-0.1, -0.05) is 62.0 Å². The first-order valence-electron chi connectivity index (χ1n) is 9.14. The number of nitrogens with one attached hydrogen (secondary N) is 2. The van der Waals surface area contributed by atoms with Crippen LogP contribution >= 0.6 is 11.8 Å². The molecule has 2 aliphatic rings. The van der Waals surface area contributed by atoms with Gasteiger partial charge in [-0.25, -0.2) is 9.97 Å². The predicted octanol–water partition coefficient (Wildman–Crippen LogP) is 4.38. The number of anilines is 2. The van der Waals surface area contributed by atoms with E-state index in [9.17, 15) is 0 Å². The molecule has 2 N–H and O–H groups in total. The number of hydrogen-bond donors (Lipinski definition) is 2. The van der Waals surface area contributed by atoms with Crippen molar-refractivity contribution in [2.45, 2.75) is 31.8 Å². The van der Waals surface area contributed by atoms with Crippen molar-refractivity contribution in [2.75, 3.05) is 24.3 Å². The van der Waals surface area contributed by atoms with E-state index in [4.69, 9.17) is 0 Å². The minimum Gasteiger partial charge on any atom is -0.383 e. The van der Waals surface area contributed by atoms with Gasteiger partial charge >= 0.3 is 0 Å². The van der Waals surface area contributed by atoms with Crippen molar-refractivity contribution >= 4 is 23.3 Å². The summed E-state index contributed by atoms with van der Waals surface area (Å²) in [6.07, 6.45) is 4.95. The summed E-state index contributed by atoms with van der Waals surface area (Å²) in [7, 11) is 4.01. The Balaban J connectivity index is 1.70. The molecule has 6 heteroatoms. The molecule has 1 aromatic carbocycles. The summed E-state index contributed by atoms with van der Waals surface area (Å²) in [5, 5.41) is 8.27. The van der Waals surface area contributed by atoms with Crippen LogP contribution in [0.4, 0.5) is 11.5 Å². The van der Waals surface area contributed by atoms with Crippen molar-refractivity contribution in [2.24, 2.45) is 5.41 Å². The maximum atomic E-state index is 4.52. The first-order valence-corrected chi connectivity index (χ1v) is 9.96. The second-order valence-corrected chi connectivity index (χ2v) is 8.87. The lowest BCUT2D eigenvalue weighted by atomic mass is 9.83. The second-order valence-electron chi connectivity index (χ2n) is 7.87. The molecule has 2 heterocycles. The van der Waals surface area contributed by atoms with Crippen molar-refractivity contribution in [1.29, 1.82) is 0 Å². The Morgan fingerprint density at radius 1 is 1.19 bits per heavy atom. The number of allylic oxidation sites excluding steroid dienone is 2. The Morgan fingerprint density at radius 3 is 2.70 bits per heavy atom. The molecule has 27 heavy (non-hydrogen) atoms. The molecular formula is C21H25N5S. The molecule has 0 unspecified atom stereocenters. The van der Waals surface area contributed by atoms with Crippen LogP contribution in [0.25, 0.3) is 0 Å². The molecule has 0 atom stereocenters. The third-order valence-corrected chi connectivity index (χ3v) is 5.88. The lowest BCUT2D eigenvalue weighted by molar-refractivity contribution is 0.448. The molecular weight excluding hydrogens is 354 g/mol. The Kier molecular flexibility index (Phi) is 4.60. The van der Waals surface area contributed by atoms with Crippen LogP contribution in [-0.4, -0.2) is 24.1 Å². The van der Waals surface area contributed by atoms with E-state index in [1.165, 1.54) is 16.2 Å². The second kappa shape index (κ2) is 6.93. The van der Waals surface area contributed by atoms with Gasteiger partial charge in [0.2, 0.25) is 0 Å². The summed E-state index contributed by atoms with van der Waals surface area (Å²) in [6.45, 7) is 5.37. The zero-order valence-corrected chi connectivity index (χ0v) is 17.0. The summed E-state index contributed by atoms with van der Waals surface area (Å²) >= 11 is 1.73. The standard InChI is InChI=1S/C21H25N5S/c1-21(2)10-15(22-12-14-8-6-5-7-9-14)18-16(11-21)25-17-19(26(3)4)23-13-24-20(17)27-18/h5-9,11,13,22,25H,10,12H2,1-4H3. The Hall–Kier alpha value is -2.47. The molecule has 2 aromatic rings. The van der Waals surface area contributed by atoms with Crippen LogP contribution in [0, 0.1) is 5.41 Å². The molecule has 5 nitrogen and oxygen atoms in total. The summed E-state index contributed by atoms with van der Waals surface area (Å²) in [4.78, 5) is 12.2. The van der Waals surface area contributed by atoms with E-state index in [0.29, 0.717) is 0 Å². The number of thioether (sulfide) groups is 1. The van der Waals surface area contributed by atoms with Crippen molar-refractivity contribution in [3.63, 3.8) is 0 Å². The molecule has 4 rings (SSSR count). The fourth-order valence-electron chi connectivity index (χ4n) is 3.48. The Labute approximate surface area is 165 Å². The number of rotatable bonds is 4. The highest BCUT2D eigenvalue weighted by Crippen LogP contribution is 2.49. The van der Waals surface area contributed by atoms with E-state index in [1.807, 2.05) is 19.0 Å². The highest BCUT2D eigenvalue weighted by Gasteiger charge is 2.33. The van der Waals surface area contributed by atoms with Crippen molar-refractivity contribution in [3.05, 3.63) is 64.6 Å². The first-order chi connectivity index (χ1) is 12.9. The van der Waals surface area contributed by atoms with Gasteiger partial charge in [0.25, 0.3) is 0 Å². The van der Waals surface area contributed by atoms with Crippen LogP contribution in [0.2, 0.25) is 0 Å². The van der Waals surface area contributed by atoms with E-state index < -0.39 is 0 Å². The number of hydrogen-bond acceptors (Lipinski definition) is 6. The molecule has 1 aromatic heterocycles. The minimum absolute atomic E-state index is 0.0802. The van der Waals surface area contributed by atoms with Crippen molar-refractivity contribution in [3.8, 4) is 0 Å². The largest absolute Gasteiger partial charge is 0.383 e. The fraction of sp³-hybridized carbons (Fsp3) is 0.333. The van der Waals surface area contributed by atoms with E-state index in [2.05, 4.69) is 70.9 Å². The number of benzene rings is 1. The van der Waals surface area contributed by atoms with E-state index >= 15 is 0 Å². The maximum absolute atomic E-state index is 4.52. The topological polar surface area (TPSA) is 53.1 Å². The fourth-order valence-corrected chi connectivity index (χ4v) is 4.51. The molecule has 0 saturated carbocycles. The van der Waals surface area contributed by atoms with Gasteiger partial charge in [-0.15, -0.1) is 0 Å². The normalized spacial score (nSPS) is 17.4. The molecule has 0 saturated heterocycles. The summed E-state index contributed by atoms with van der Waals surface area (Å²) < 4.78 is 0. The average molecular weight is 380 g/mol. The van der Waals surface area contributed by atoms with Gasteiger partial charge in [-0.05, 0) is 17.4 Å². The average Bonchev–Trinajstić information content (AvgIpc) is 2.64. The van der Waals surface area contributed by atoms with Crippen LogP contribution in [0.1, 0.15) is 25.8 Å². The third kappa shape index (κ3) is 3.67. The summed E-state index contributed by atoms with van der Waals surface area (Å²) in [5.74, 6) is 0.912. The van der Waals surface area contributed by atoms with Gasteiger partial charge in [-0.2, -0.15) is 0 Å². The molecule has 0 fully saturated rings. The lowest BCUT2D eigenvalue weighted by Gasteiger charge is -2.35. The third-order valence-electron chi connectivity index (χ3n) is 4.71. The highest BCUT2D eigenvalue weighted by atomic mass is 32.2. The van der Waals surface area contributed by atoms with Crippen LogP contribution in [0.15, 0.2) is 64.1 Å². The van der Waals surface area contributed by atoms with Crippen LogP contribution in [0.5, 0.6) is 0 Å². The van der Waals surface area contributed by atoms with E-state index in [0.717, 1.165) is 35.2 Å². The smallest absolute Gasteiger partial charge is 0.156 e. The molecule has 0 amide bonds. The number of fused-ring (bicyclic) bond motifs is 2. The van der Waals surface area contributed by atoms with Gasteiger partial charge in [0.05, 0.1) is 10.6 Å². The molecule has 0 radical (unpaired) electrons. The van der Waals surface area contributed by atoms with Gasteiger partial charge < -0.3 is 15.5 Å². The van der Waals surface area contributed by atoms with E-state index in [-0.39, 0.29) is 5.41 Å². The van der Waals surface area contributed by atoms with Crippen molar-refractivity contribution in [1.82, 2.24) is 15.3 Å². The zero-order valence-electron chi connectivity index (χ0n) is 16.2. The van der Waals surface area contributed by atoms with Crippen LogP contribution in [-0.2, 0) is 6.54 Å². The Bertz CT molecular complexity index is 915. The molecule has 0 bridgehead atoms. The van der Waals surface area contributed by atoms with E-state index in [1.54, 1.807) is 18.1 Å². The maximum Gasteiger partial charge on any atom is 0.156 e. The summed E-state index contributed by atoms with van der Waals surface area (Å²) in [5.41, 5.74) is 4.77. The quantitative estimate of drug-likeness (QED) is 0.769. The Morgan fingerprint density at radius 2 is 1.96 bits per heavy atom. The summed E-state index contributed by atoms with van der Waals surface area (Å²) in [6, 6.07) is 10.5. The molecule has 0 spiro atoms. The predicted molar refractivity (Wildman–Crippen MR) is 113 cm³/mol. The lowest BCUT2D eigenvalue weighted by Crippen LogP contribution is -2.28. The monoisotopic (exact) mass is 379 g/mol. The highest BCUT2D eigenvalue weighted by molar-refractivity contribution is 8.03. The van der Waals surface area contributed by atoms with Gasteiger partial charge in [0, 0.05) is 26.3 Å². The van der Waals surface area contributed by atoms with Gasteiger partial charge in [0.1, 0.15) is 17.0 Å². The van der Waals surface area contributed by atoms with Gasteiger partial charge in [0.15, 0.2) is 5.82 Å². The first kappa shape index (κ1) is 17.9.